The molecule has 0 atom stereocenters. The van der Waals surface area contributed by atoms with Crippen LogP contribution < -0.4 is 10.9 Å². The normalized spacial score (nSPS) is 22.5. The third kappa shape index (κ3) is 3.89. The van der Waals surface area contributed by atoms with Gasteiger partial charge in [-0.25, -0.2) is 4.98 Å². The summed E-state index contributed by atoms with van der Waals surface area (Å²) in [6.07, 6.45) is 0. The summed E-state index contributed by atoms with van der Waals surface area (Å²) in [6, 6.07) is 18.6. The highest BCUT2D eigenvalue weighted by atomic mass is 16.7. The van der Waals surface area contributed by atoms with Crippen molar-refractivity contribution < 1.29 is 18.6 Å². The maximum Gasteiger partial charge on any atom is 0.494 e. The number of nitrogens with zero attached hydrogens (tertiary/aromatic N) is 1. The van der Waals surface area contributed by atoms with Crippen molar-refractivity contribution in [1.82, 2.24) is 4.98 Å². The van der Waals surface area contributed by atoms with Crippen molar-refractivity contribution in [2.75, 3.05) is 0 Å². The van der Waals surface area contributed by atoms with Crippen molar-refractivity contribution in [2.24, 2.45) is 0 Å². The van der Waals surface area contributed by atoms with Gasteiger partial charge < -0.3 is 18.6 Å². The van der Waals surface area contributed by atoms with Crippen LogP contribution >= 0.6 is 0 Å². The Bertz CT molecular complexity index is 1210. The molecule has 0 N–H and O–H groups in total. The summed E-state index contributed by atoms with van der Waals surface area (Å²) in [7, 11) is -0.742. The maximum absolute atomic E-state index is 6.21. The molecule has 7 heteroatoms. The molecule has 2 aromatic carbocycles. The Labute approximate surface area is 203 Å². The minimum Gasteiger partial charge on any atom is -0.399 e. The van der Waals surface area contributed by atoms with Gasteiger partial charge in [0.25, 0.3) is 0 Å². The molecule has 5 rings (SSSR count). The second-order valence-corrected chi connectivity index (χ2v) is 11.4. The summed E-state index contributed by atoms with van der Waals surface area (Å²) >= 11 is 0. The Kier molecular flexibility index (Phi) is 5.31. The van der Waals surface area contributed by atoms with Crippen LogP contribution in [0.3, 0.4) is 0 Å². The molecule has 1 aromatic heterocycles. The second-order valence-electron chi connectivity index (χ2n) is 11.4. The van der Waals surface area contributed by atoms with Crippen LogP contribution in [-0.2, 0) is 18.6 Å². The van der Waals surface area contributed by atoms with Crippen molar-refractivity contribution in [3.8, 4) is 11.3 Å². The quantitative estimate of drug-likeness (QED) is 0.543. The van der Waals surface area contributed by atoms with Crippen molar-refractivity contribution >= 4 is 36.1 Å². The van der Waals surface area contributed by atoms with E-state index in [2.05, 4.69) is 97.9 Å². The van der Waals surface area contributed by atoms with E-state index < -0.39 is 0 Å². The van der Waals surface area contributed by atoms with E-state index in [0.29, 0.717) is 0 Å². The smallest absolute Gasteiger partial charge is 0.399 e. The predicted octanol–water partition coefficient (Wildman–Crippen LogP) is 4.50. The van der Waals surface area contributed by atoms with Gasteiger partial charge in [0.05, 0.1) is 33.6 Å². The van der Waals surface area contributed by atoms with Crippen LogP contribution in [0.2, 0.25) is 0 Å². The van der Waals surface area contributed by atoms with E-state index in [-0.39, 0.29) is 36.6 Å². The van der Waals surface area contributed by atoms with Gasteiger partial charge in [0.2, 0.25) is 0 Å². The molecule has 3 heterocycles. The number of hydrogen-bond donors (Lipinski definition) is 0. The van der Waals surface area contributed by atoms with Crippen LogP contribution in [0, 0.1) is 0 Å². The van der Waals surface area contributed by atoms with E-state index >= 15 is 0 Å². The highest BCUT2D eigenvalue weighted by Crippen LogP contribution is 2.37. The third-order valence-electron chi connectivity index (χ3n) is 7.97. The molecule has 0 saturated carbocycles. The van der Waals surface area contributed by atoms with Crippen molar-refractivity contribution in [3.63, 3.8) is 0 Å². The molecule has 2 fully saturated rings. The molecular weight excluding hydrogens is 424 g/mol. The van der Waals surface area contributed by atoms with Gasteiger partial charge in [-0.05, 0) is 83.8 Å². The molecule has 0 amide bonds. The van der Waals surface area contributed by atoms with Crippen molar-refractivity contribution in [2.45, 2.75) is 77.8 Å². The van der Waals surface area contributed by atoms with Crippen LogP contribution in [0.5, 0.6) is 0 Å². The number of benzene rings is 2. The fraction of sp³-hybridized carbons (Fsp3) is 0.444. The van der Waals surface area contributed by atoms with E-state index in [1.807, 2.05) is 12.1 Å². The monoisotopic (exact) mass is 457 g/mol. The van der Waals surface area contributed by atoms with Gasteiger partial charge in [0.15, 0.2) is 0 Å². The molecule has 0 aliphatic carbocycles. The van der Waals surface area contributed by atoms with E-state index in [1.165, 1.54) is 0 Å². The lowest BCUT2D eigenvalue weighted by Gasteiger charge is -2.32. The van der Waals surface area contributed by atoms with Crippen LogP contribution in [0.4, 0.5) is 0 Å². The third-order valence-corrected chi connectivity index (χ3v) is 7.97. The molecule has 0 radical (unpaired) electrons. The number of fused-ring (bicyclic) bond motifs is 1. The Morgan fingerprint density at radius 2 is 1.03 bits per heavy atom. The van der Waals surface area contributed by atoms with Crippen LogP contribution in [0.25, 0.3) is 22.2 Å². The van der Waals surface area contributed by atoms with E-state index in [9.17, 15) is 0 Å². The number of rotatable bonds is 3. The van der Waals surface area contributed by atoms with Gasteiger partial charge >= 0.3 is 14.2 Å². The van der Waals surface area contributed by atoms with Crippen molar-refractivity contribution in [1.29, 1.82) is 0 Å². The Morgan fingerprint density at radius 1 is 0.559 bits per heavy atom. The zero-order chi connectivity index (χ0) is 24.5. The number of pyridine rings is 1. The molecule has 176 valence electrons. The first-order valence-corrected chi connectivity index (χ1v) is 12.0. The summed E-state index contributed by atoms with van der Waals surface area (Å²) in [6.45, 7) is 16.5. The molecule has 3 aromatic rings. The average Bonchev–Trinajstić information content (AvgIpc) is 3.12. The van der Waals surface area contributed by atoms with Crippen LogP contribution in [-0.4, -0.2) is 41.6 Å². The minimum atomic E-state index is -0.378. The number of aromatic nitrogens is 1. The fourth-order valence-electron chi connectivity index (χ4n) is 4.22. The minimum absolute atomic E-state index is 0.352. The molecule has 0 spiro atoms. The maximum atomic E-state index is 6.21. The molecule has 2 saturated heterocycles. The van der Waals surface area contributed by atoms with Gasteiger partial charge in [-0.2, -0.15) is 0 Å². The van der Waals surface area contributed by atoms with Gasteiger partial charge in [-0.3, -0.25) is 0 Å². The lowest BCUT2D eigenvalue weighted by atomic mass is 9.78. The summed E-state index contributed by atoms with van der Waals surface area (Å²) in [5.41, 5.74) is 3.51. The van der Waals surface area contributed by atoms with Gasteiger partial charge in [0.1, 0.15) is 0 Å². The number of hydrogen-bond acceptors (Lipinski definition) is 5. The first kappa shape index (κ1) is 23.6. The molecule has 5 nitrogen and oxygen atoms in total. The average molecular weight is 457 g/mol. The zero-order valence-corrected chi connectivity index (χ0v) is 21.4. The topological polar surface area (TPSA) is 49.8 Å². The largest absolute Gasteiger partial charge is 0.494 e. The first-order valence-electron chi connectivity index (χ1n) is 12.0. The SMILES string of the molecule is CC1(C)OB(c2ccc(-c3ccc4cc(B5OC(C)(C)C(C)(C)O5)ccc4n3)cc2)OC1(C)C. The lowest BCUT2D eigenvalue weighted by Crippen LogP contribution is -2.41. The Hall–Kier alpha value is -2.18. The first-order chi connectivity index (χ1) is 15.8. The van der Waals surface area contributed by atoms with E-state index in [0.717, 1.165) is 33.1 Å². The second kappa shape index (κ2) is 7.66. The van der Waals surface area contributed by atoms with Gasteiger partial charge in [-0.15, -0.1) is 0 Å². The summed E-state index contributed by atoms with van der Waals surface area (Å²) in [5.74, 6) is 0. The Balaban J connectivity index is 1.37. The van der Waals surface area contributed by atoms with Gasteiger partial charge in [-0.1, -0.05) is 42.5 Å². The predicted molar refractivity (Wildman–Crippen MR) is 139 cm³/mol. The Morgan fingerprint density at radius 3 is 1.56 bits per heavy atom. The van der Waals surface area contributed by atoms with Gasteiger partial charge in [0, 0.05) is 5.56 Å². The molecule has 0 bridgehead atoms. The standard InChI is InChI=1S/C27H33B2NO4/c1-24(2)25(3,4)32-28(31-24)20-12-9-18(10-13-20)22-15-11-19-17-21(14-16-23(19)30-22)29-33-26(5,6)27(7,8)34-29/h9-17H,1-8H3. The van der Waals surface area contributed by atoms with Crippen LogP contribution in [0.1, 0.15) is 55.4 Å². The highest BCUT2D eigenvalue weighted by molar-refractivity contribution is 6.62. The molecule has 34 heavy (non-hydrogen) atoms. The summed E-state index contributed by atoms with van der Waals surface area (Å²) in [4.78, 5) is 4.90. The summed E-state index contributed by atoms with van der Waals surface area (Å²) in [5, 5.41) is 1.06. The molecule has 2 aliphatic rings. The lowest BCUT2D eigenvalue weighted by molar-refractivity contribution is 0.00578. The van der Waals surface area contributed by atoms with E-state index in [1.54, 1.807) is 0 Å². The van der Waals surface area contributed by atoms with E-state index in [4.69, 9.17) is 23.6 Å². The molecular formula is C27H33B2NO4. The van der Waals surface area contributed by atoms with Crippen molar-refractivity contribution in [3.05, 3.63) is 54.6 Å². The summed E-state index contributed by atoms with van der Waals surface area (Å²) < 4.78 is 24.8. The zero-order valence-electron chi connectivity index (χ0n) is 21.4. The van der Waals surface area contributed by atoms with Crippen LogP contribution in [0.15, 0.2) is 54.6 Å². The molecule has 0 unspecified atom stereocenters. The fourth-order valence-corrected chi connectivity index (χ4v) is 4.22. The highest BCUT2D eigenvalue weighted by Gasteiger charge is 2.52. The molecule has 2 aliphatic heterocycles.